The normalized spacial score (nSPS) is 12.4. The van der Waals surface area contributed by atoms with Crippen LogP contribution in [0.1, 0.15) is 19.4 Å². The van der Waals surface area contributed by atoms with Crippen molar-refractivity contribution in [2.45, 2.75) is 31.2 Å². The third kappa shape index (κ3) is 3.30. The molecule has 100 valence electrons. The van der Waals surface area contributed by atoms with E-state index in [2.05, 4.69) is 20.7 Å². The molecular weight excluding hydrogens is 322 g/mol. The number of hydrogen-bond acceptors (Lipinski definition) is 3. The van der Waals surface area contributed by atoms with Gasteiger partial charge in [-0.15, -0.1) is 0 Å². The van der Waals surface area contributed by atoms with Gasteiger partial charge in [-0.05, 0) is 38.5 Å². The fourth-order valence-corrected chi connectivity index (χ4v) is 3.45. The van der Waals surface area contributed by atoms with Crippen molar-refractivity contribution >= 4 is 31.9 Å². The Bertz CT molecular complexity index is 581. The Morgan fingerprint density at radius 1 is 1.39 bits per heavy atom. The molecule has 1 rings (SSSR count). The van der Waals surface area contributed by atoms with Crippen LogP contribution in [0.15, 0.2) is 27.6 Å². The predicted molar refractivity (Wildman–Crippen MR) is 70.9 cm³/mol. The van der Waals surface area contributed by atoms with Crippen LogP contribution >= 0.6 is 15.9 Å². The largest absolute Gasteiger partial charge is 0.480 e. The zero-order valence-corrected chi connectivity index (χ0v) is 12.6. The summed E-state index contributed by atoms with van der Waals surface area (Å²) in [4.78, 5) is 11.0. The Morgan fingerprint density at radius 2 is 1.94 bits per heavy atom. The second kappa shape index (κ2) is 4.99. The van der Waals surface area contributed by atoms with Crippen LogP contribution in [0.5, 0.6) is 0 Å². The molecule has 0 aliphatic carbocycles. The van der Waals surface area contributed by atoms with Crippen molar-refractivity contribution in [3.05, 3.63) is 28.2 Å². The van der Waals surface area contributed by atoms with Crippen molar-refractivity contribution in [1.29, 1.82) is 0 Å². The summed E-state index contributed by atoms with van der Waals surface area (Å²) in [5.41, 5.74) is -1.01. The van der Waals surface area contributed by atoms with Crippen LogP contribution in [0.2, 0.25) is 0 Å². The van der Waals surface area contributed by atoms with Gasteiger partial charge < -0.3 is 5.11 Å². The SMILES string of the molecule is Cc1ccc(Br)cc1S(=O)(=O)NC(C)(C)C(=O)O. The number of aryl methyl sites for hydroxylation is 1. The van der Waals surface area contributed by atoms with Gasteiger partial charge in [-0.2, -0.15) is 4.72 Å². The number of carboxylic acids is 1. The van der Waals surface area contributed by atoms with Crippen LogP contribution in [0.4, 0.5) is 0 Å². The van der Waals surface area contributed by atoms with Gasteiger partial charge >= 0.3 is 5.97 Å². The van der Waals surface area contributed by atoms with E-state index in [1.165, 1.54) is 19.9 Å². The maximum Gasteiger partial charge on any atom is 0.324 e. The Hall–Kier alpha value is -0.920. The number of halogens is 1. The minimum atomic E-state index is -3.88. The fourth-order valence-electron chi connectivity index (χ4n) is 1.30. The van der Waals surface area contributed by atoms with Crippen LogP contribution < -0.4 is 4.72 Å². The summed E-state index contributed by atoms with van der Waals surface area (Å²) in [5, 5.41) is 8.94. The molecule has 0 aliphatic heterocycles. The van der Waals surface area contributed by atoms with Crippen molar-refractivity contribution in [3.63, 3.8) is 0 Å². The highest BCUT2D eigenvalue weighted by Gasteiger charge is 2.33. The summed E-state index contributed by atoms with van der Waals surface area (Å²) in [6, 6.07) is 4.80. The molecule has 0 amide bonds. The first-order valence-electron chi connectivity index (χ1n) is 5.10. The summed E-state index contributed by atoms with van der Waals surface area (Å²) in [6.45, 7) is 4.23. The van der Waals surface area contributed by atoms with Gasteiger partial charge in [-0.3, -0.25) is 4.79 Å². The van der Waals surface area contributed by atoms with Crippen molar-refractivity contribution in [1.82, 2.24) is 4.72 Å². The van der Waals surface area contributed by atoms with Gasteiger partial charge in [0.1, 0.15) is 5.54 Å². The molecule has 0 unspecified atom stereocenters. The molecule has 0 aromatic heterocycles. The number of sulfonamides is 1. The Morgan fingerprint density at radius 3 is 2.44 bits per heavy atom. The van der Waals surface area contributed by atoms with Crippen LogP contribution in [0, 0.1) is 6.92 Å². The van der Waals surface area contributed by atoms with E-state index >= 15 is 0 Å². The van der Waals surface area contributed by atoms with E-state index in [4.69, 9.17) is 5.11 Å². The number of carboxylic acid groups (broad SMARTS) is 1. The number of benzene rings is 1. The highest BCUT2D eigenvalue weighted by molar-refractivity contribution is 9.10. The molecule has 0 atom stereocenters. The summed E-state index contributed by atoms with van der Waals surface area (Å²) >= 11 is 3.19. The van der Waals surface area contributed by atoms with E-state index < -0.39 is 21.5 Å². The van der Waals surface area contributed by atoms with Crippen LogP contribution in [0.25, 0.3) is 0 Å². The Labute approximate surface area is 114 Å². The topological polar surface area (TPSA) is 83.5 Å². The standard InChI is InChI=1S/C11H14BrNO4S/c1-7-4-5-8(12)6-9(7)18(16,17)13-11(2,3)10(14)15/h4-6,13H,1-3H3,(H,14,15). The van der Waals surface area contributed by atoms with Crippen molar-refractivity contribution in [2.24, 2.45) is 0 Å². The van der Waals surface area contributed by atoms with Crippen molar-refractivity contribution < 1.29 is 18.3 Å². The fraction of sp³-hybridized carbons (Fsp3) is 0.364. The lowest BCUT2D eigenvalue weighted by Crippen LogP contribution is -2.49. The number of aliphatic carboxylic acids is 1. The van der Waals surface area contributed by atoms with Gasteiger partial charge in [0, 0.05) is 4.47 Å². The van der Waals surface area contributed by atoms with Gasteiger partial charge in [-0.1, -0.05) is 22.0 Å². The van der Waals surface area contributed by atoms with Crippen LogP contribution in [-0.4, -0.2) is 25.0 Å². The Balaban J connectivity index is 3.23. The zero-order valence-electron chi connectivity index (χ0n) is 10.2. The van der Waals surface area contributed by atoms with Gasteiger partial charge in [0.2, 0.25) is 10.0 Å². The van der Waals surface area contributed by atoms with Crippen LogP contribution in [0.3, 0.4) is 0 Å². The van der Waals surface area contributed by atoms with Gasteiger partial charge in [-0.25, -0.2) is 8.42 Å². The summed E-state index contributed by atoms with van der Waals surface area (Å²) in [7, 11) is -3.88. The van der Waals surface area contributed by atoms with E-state index in [0.717, 1.165) is 0 Å². The lowest BCUT2D eigenvalue weighted by atomic mass is 10.1. The molecule has 5 nitrogen and oxygen atoms in total. The predicted octanol–water partition coefficient (Wildman–Crippen LogP) is 1.90. The third-order valence-corrected chi connectivity index (χ3v) is 4.66. The smallest absolute Gasteiger partial charge is 0.324 e. The average molecular weight is 336 g/mol. The summed E-state index contributed by atoms with van der Waals surface area (Å²) < 4.78 is 27.0. The molecule has 0 heterocycles. The monoisotopic (exact) mass is 335 g/mol. The van der Waals surface area contributed by atoms with E-state index in [0.29, 0.717) is 10.0 Å². The second-order valence-corrected chi connectivity index (χ2v) is 7.01. The first kappa shape index (κ1) is 15.1. The average Bonchev–Trinajstić information content (AvgIpc) is 2.19. The van der Waals surface area contributed by atoms with E-state index in [1.807, 2.05) is 0 Å². The molecule has 0 bridgehead atoms. The third-order valence-electron chi connectivity index (χ3n) is 2.36. The lowest BCUT2D eigenvalue weighted by Gasteiger charge is -2.21. The molecule has 1 aromatic carbocycles. The molecule has 0 aliphatic rings. The summed E-state index contributed by atoms with van der Waals surface area (Å²) in [6.07, 6.45) is 0. The van der Waals surface area contributed by atoms with E-state index in [9.17, 15) is 13.2 Å². The maximum atomic E-state index is 12.1. The highest BCUT2D eigenvalue weighted by Crippen LogP contribution is 2.21. The minimum Gasteiger partial charge on any atom is -0.480 e. The molecule has 0 saturated carbocycles. The first-order valence-corrected chi connectivity index (χ1v) is 7.37. The quantitative estimate of drug-likeness (QED) is 0.880. The zero-order chi connectivity index (χ0) is 14.1. The number of carbonyl (C=O) groups is 1. The minimum absolute atomic E-state index is 0.0613. The van der Waals surface area contributed by atoms with Gasteiger partial charge in [0.05, 0.1) is 4.90 Å². The number of rotatable bonds is 4. The van der Waals surface area contributed by atoms with E-state index in [-0.39, 0.29) is 4.90 Å². The van der Waals surface area contributed by atoms with Crippen molar-refractivity contribution in [3.8, 4) is 0 Å². The Kier molecular flexibility index (Phi) is 4.19. The van der Waals surface area contributed by atoms with Crippen molar-refractivity contribution in [2.75, 3.05) is 0 Å². The van der Waals surface area contributed by atoms with Gasteiger partial charge in [0.15, 0.2) is 0 Å². The first-order chi connectivity index (χ1) is 8.06. The molecular formula is C11H14BrNO4S. The number of hydrogen-bond donors (Lipinski definition) is 2. The maximum absolute atomic E-state index is 12.1. The van der Waals surface area contributed by atoms with Gasteiger partial charge in [0.25, 0.3) is 0 Å². The molecule has 0 fully saturated rings. The second-order valence-electron chi connectivity index (χ2n) is 4.45. The molecule has 0 saturated heterocycles. The molecule has 18 heavy (non-hydrogen) atoms. The molecule has 0 radical (unpaired) electrons. The molecule has 7 heteroatoms. The van der Waals surface area contributed by atoms with E-state index in [1.54, 1.807) is 19.1 Å². The molecule has 2 N–H and O–H groups in total. The highest BCUT2D eigenvalue weighted by atomic mass is 79.9. The molecule has 1 aromatic rings. The molecule has 0 spiro atoms. The lowest BCUT2D eigenvalue weighted by molar-refractivity contribution is -0.142. The van der Waals surface area contributed by atoms with Crippen LogP contribution in [-0.2, 0) is 14.8 Å². The summed E-state index contributed by atoms with van der Waals surface area (Å²) in [5.74, 6) is -1.24. The number of nitrogens with one attached hydrogen (secondary N) is 1.